The molecular formula is C25H22N6O. The monoisotopic (exact) mass is 422 g/mol. The second-order valence-corrected chi connectivity index (χ2v) is 7.79. The van der Waals surface area contributed by atoms with Crippen molar-refractivity contribution in [3.05, 3.63) is 89.9 Å². The van der Waals surface area contributed by atoms with E-state index in [1.54, 1.807) is 10.9 Å². The molecule has 0 atom stereocenters. The SMILES string of the molecule is Cc1ccc(-n2ncc3c(NNC(=O)Cc4cccc5ccccc45)ncnc32)c(C)c1. The topological polar surface area (TPSA) is 84.7 Å². The smallest absolute Gasteiger partial charge is 0.242 e. The number of fused-ring (bicyclic) bond motifs is 2. The summed E-state index contributed by atoms with van der Waals surface area (Å²) in [5.74, 6) is 0.340. The second kappa shape index (κ2) is 8.11. The maximum Gasteiger partial charge on any atom is 0.242 e. The average Bonchev–Trinajstić information content (AvgIpc) is 3.22. The highest BCUT2D eigenvalue weighted by atomic mass is 16.2. The second-order valence-electron chi connectivity index (χ2n) is 7.79. The van der Waals surface area contributed by atoms with Crippen molar-refractivity contribution < 1.29 is 4.79 Å². The molecule has 7 heteroatoms. The Hall–Kier alpha value is -4.26. The summed E-state index contributed by atoms with van der Waals surface area (Å²) >= 11 is 0. The van der Waals surface area contributed by atoms with Gasteiger partial charge in [-0.25, -0.2) is 14.6 Å². The molecule has 0 unspecified atom stereocenters. The van der Waals surface area contributed by atoms with Crippen LogP contribution in [-0.2, 0) is 11.2 Å². The van der Waals surface area contributed by atoms with E-state index >= 15 is 0 Å². The van der Waals surface area contributed by atoms with Crippen LogP contribution in [0.2, 0.25) is 0 Å². The van der Waals surface area contributed by atoms with Gasteiger partial charge in [-0.15, -0.1) is 0 Å². The molecule has 2 heterocycles. The molecule has 32 heavy (non-hydrogen) atoms. The molecule has 0 saturated heterocycles. The number of hydrogen-bond donors (Lipinski definition) is 2. The van der Waals surface area contributed by atoms with Crippen molar-refractivity contribution in [1.82, 2.24) is 25.2 Å². The van der Waals surface area contributed by atoms with Crippen LogP contribution in [0.15, 0.2) is 73.2 Å². The van der Waals surface area contributed by atoms with E-state index in [9.17, 15) is 4.79 Å². The molecular weight excluding hydrogens is 400 g/mol. The van der Waals surface area contributed by atoms with Gasteiger partial charge < -0.3 is 0 Å². The number of carbonyl (C=O) groups excluding carboxylic acids is 1. The molecule has 158 valence electrons. The van der Waals surface area contributed by atoms with Crippen LogP contribution in [0.4, 0.5) is 5.82 Å². The first-order chi connectivity index (χ1) is 15.6. The molecule has 3 aromatic carbocycles. The fourth-order valence-electron chi connectivity index (χ4n) is 3.96. The predicted octanol–water partition coefficient (Wildman–Crippen LogP) is 4.27. The Morgan fingerprint density at radius 2 is 1.81 bits per heavy atom. The number of nitrogens with zero attached hydrogens (tertiary/aromatic N) is 4. The van der Waals surface area contributed by atoms with Gasteiger partial charge in [0.15, 0.2) is 11.5 Å². The van der Waals surface area contributed by atoms with E-state index < -0.39 is 0 Å². The predicted molar refractivity (Wildman–Crippen MR) is 126 cm³/mol. The number of rotatable bonds is 5. The lowest BCUT2D eigenvalue weighted by atomic mass is 10.0. The standard InChI is InChI=1S/C25H22N6O/c1-16-10-11-22(17(2)12-16)31-25-21(14-28-31)24(26-15-27-25)30-29-23(32)13-19-8-5-7-18-6-3-4-9-20(18)19/h3-12,14-15H,13H2,1-2H3,(H,29,32)(H,26,27,30). The Balaban J connectivity index is 1.37. The van der Waals surface area contributed by atoms with Gasteiger partial charge in [-0.1, -0.05) is 60.2 Å². The molecule has 0 spiro atoms. The van der Waals surface area contributed by atoms with Gasteiger partial charge in [0.2, 0.25) is 5.91 Å². The molecule has 0 radical (unpaired) electrons. The number of benzene rings is 3. The van der Waals surface area contributed by atoms with Gasteiger partial charge in [-0.3, -0.25) is 15.6 Å². The molecule has 2 N–H and O–H groups in total. The number of carbonyl (C=O) groups is 1. The highest BCUT2D eigenvalue weighted by Crippen LogP contribution is 2.23. The first-order valence-corrected chi connectivity index (χ1v) is 10.4. The maximum absolute atomic E-state index is 12.6. The zero-order chi connectivity index (χ0) is 22.1. The molecule has 7 nitrogen and oxygen atoms in total. The van der Waals surface area contributed by atoms with Crippen LogP contribution in [0.5, 0.6) is 0 Å². The Kier molecular flexibility index (Phi) is 4.99. The lowest BCUT2D eigenvalue weighted by molar-refractivity contribution is -0.119. The lowest BCUT2D eigenvalue weighted by Gasteiger charge is -2.10. The van der Waals surface area contributed by atoms with Gasteiger partial charge in [0, 0.05) is 0 Å². The van der Waals surface area contributed by atoms with Crippen LogP contribution < -0.4 is 10.9 Å². The molecule has 0 saturated carbocycles. The summed E-state index contributed by atoms with van der Waals surface area (Å²) in [6, 6.07) is 20.2. The van der Waals surface area contributed by atoms with E-state index in [2.05, 4.69) is 38.9 Å². The lowest BCUT2D eigenvalue weighted by Crippen LogP contribution is -2.31. The third-order valence-electron chi connectivity index (χ3n) is 5.50. The van der Waals surface area contributed by atoms with Gasteiger partial charge >= 0.3 is 0 Å². The van der Waals surface area contributed by atoms with Crippen molar-refractivity contribution in [2.45, 2.75) is 20.3 Å². The zero-order valence-corrected chi connectivity index (χ0v) is 17.8. The summed E-state index contributed by atoms with van der Waals surface area (Å²) in [7, 11) is 0. The number of anilines is 1. The molecule has 0 fully saturated rings. The molecule has 0 aliphatic rings. The molecule has 2 aromatic heterocycles. The Labute approximate surface area is 185 Å². The van der Waals surface area contributed by atoms with E-state index in [1.807, 2.05) is 61.5 Å². The summed E-state index contributed by atoms with van der Waals surface area (Å²) in [4.78, 5) is 21.3. The van der Waals surface area contributed by atoms with Crippen LogP contribution in [-0.4, -0.2) is 25.7 Å². The quantitative estimate of drug-likeness (QED) is 0.413. The minimum Gasteiger partial charge on any atom is -0.281 e. The fraction of sp³-hybridized carbons (Fsp3) is 0.120. The molecule has 1 amide bonds. The fourth-order valence-corrected chi connectivity index (χ4v) is 3.96. The van der Waals surface area contributed by atoms with E-state index in [1.165, 1.54) is 11.9 Å². The van der Waals surface area contributed by atoms with Gasteiger partial charge in [0.25, 0.3) is 0 Å². The van der Waals surface area contributed by atoms with E-state index in [4.69, 9.17) is 0 Å². The van der Waals surface area contributed by atoms with Crippen molar-refractivity contribution in [1.29, 1.82) is 0 Å². The third kappa shape index (κ3) is 3.65. The summed E-state index contributed by atoms with van der Waals surface area (Å²) in [6.45, 7) is 4.10. The van der Waals surface area contributed by atoms with Gasteiger partial charge in [-0.05, 0) is 41.8 Å². The maximum atomic E-state index is 12.6. The Morgan fingerprint density at radius 3 is 2.69 bits per heavy atom. The zero-order valence-electron chi connectivity index (χ0n) is 17.8. The molecule has 0 aliphatic heterocycles. The van der Waals surface area contributed by atoms with Gasteiger partial charge in [0.1, 0.15) is 6.33 Å². The molecule has 0 bridgehead atoms. The summed E-state index contributed by atoms with van der Waals surface area (Å²) in [5.41, 5.74) is 10.6. The molecule has 0 aliphatic carbocycles. The average molecular weight is 422 g/mol. The van der Waals surface area contributed by atoms with Crippen molar-refractivity contribution in [3.63, 3.8) is 0 Å². The van der Waals surface area contributed by atoms with E-state index in [0.29, 0.717) is 11.5 Å². The van der Waals surface area contributed by atoms with Crippen molar-refractivity contribution in [3.8, 4) is 5.69 Å². The first kappa shape index (κ1) is 19.7. The van der Waals surface area contributed by atoms with Crippen LogP contribution in [0.25, 0.3) is 27.5 Å². The molecule has 5 rings (SSSR count). The first-order valence-electron chi connectivity index (χ1n) is 10.4. The van der Waals surface area contributed by atoms with Crippen LogP contribution >= 0.6 is 0 Å². The summed E-state index contributed by atoms with van der Waals surface area (Å²) < 4.78 is 1.79. The summed E-state index contributed by atoms with van der Waals surface area (Å²) in [5, 5.41) is 7.41. The van der Waals surface area contributed by atoms with E-state index in [-0.39, 0.29) is 12.3 Å². The number of nitrogens with one attached hydrogen (secondary N) is 2. The van der Waals surface area contributed by atoms with Crippen molar-refractivity contribution in [2.24, 2.45) is 0 Å². The van der Waals surface area contributed by atoms with Crippen molar-refractivity contribution >= 4 is 33.5 Å². The van der Waals surface area contributed by atoms with Crippen molar-refractivity contribution in [2.75, 3.05) is 5.43 Å². The molecule has 5 aromatic rings. The third-order valence-corrected chi connectivity index (χ3v) is 5.50. The Bertz CT molecular complexity index is 1450. The number of aryl methyl sites for hydroxylation is 2. The van der Waals surface area contributed by atoms with E-state index in [0.717, 1.165) is 33.0 Å². The minimum atomic E-state index is -0.158. The highest BCUT2D eigenvalue weighted by Gasteiger charge is 2.14. The number of aromatic nitrogens is 4. The Morgan fingerprint density at radius 1 is 0.969 bits per heavy atom. The van der Waals surface area contributed by atoms with Crippen LogP contribution in [0.3, 0.4) is 0 Å². The van der Waals surface area contributed by atoms with Gasteiger partial charge in [-0.2, -0.15) is 5.10 Å². The van der Waals surface area contributed by atoms with Gasteiger partial charge in [0.05, 0.1) is 23.7 Å². The minimum absolute atomic E-state index is 0.158. The van der Waals surface area contributed by atoms with Crippen LogP contribution in [0.1, 0.15) is 16.7 Å². The largest absolute Gasteiger partial charge is 0.281 e. The number of amides is 1. The summed E-state index contributed by atoms with van der Waals surface area (Å²) in [6.07, 6.45) is 3.42. The van der Waals surface area contributed by atoms with Crippen LogP contribution in [0, 0.1) is 13.8 Å². The highest BCUT2D eigenvalue weighted by molar-refractivity contribution is 5.92. The number of hydrazine groups is 1. The normalized spacial score (nSPS) is 11.1. The number of hydrogen-bond acceptors (Lipinski definition) is 5.